The van der Waals surface area contributed by atoms with Crippen molar-refractivity contribution < 1.29 is 28.2 Å². The van der Waals surface area contributed by atoms with Gasteiger partial charge >= 0.3 is 0 Å². The number of hydrogen-bond donors (Lipinski definition) is 2. The topological polar surface area (TPSA) is 123 Å². The summed E-state index contributed by atoms with van der Waals surface area (Å²) in [6.07, 6.45) is 2.45. The molecule has 230 valence electrons. The van der Waals surface area contributed by atoms with Gasteiger partial charge in [0.15, 0.2) is 0 Å². The van der Waals surface area contributed by atoms with Crippen LogP contribution < -0.4 is 20.1 Å². The van der Waals surface area contributed by atoms with Gasteiger partial charge in [-0.1, -0.05) is 27.7 Å². The van der Waals surface area contributed by atoms with Crippen LogP contribution in [0.2, 0.25) is 0 Å². The molecule has 2 N–H and O–H groups in total. The molecule has 0 bridgehead atoms. The number of aromatic nitrogens is 1. The van der Waals surface area contributed by atoms with Gasteiger partial charge in [0.05, 0.1) is 17.7 Å². The first-order valence-electron chi connectivity index (χ1n) is 14.5. The molecule has 5 rings (SSSR count). The van der Waals surface area contributed by atoms with Gasteiger partial charge in [0.25, 0.3) is 0 Å². The molecule has 0 radical (unpaired) electrons. The second-order valence-electron chi connectivity index (χ2n) is 9.25. The van der Waals surface area contributed by atoms with Crippen molar-refractivity contribution in [3.05, 3.63) is 84.3 Å². The van der Waals surface area contributed by atoms with E-state index in [2.05, 4.69) is 21.7 Å². The van der Waals surface area contributed by atoms with E-state index in [1.54, 1.807) is 55.8 Å². The first-order valence-corrected chi connectivity index (χ1v) is 14.5. The Morgan fingerprint density at radius 2 is 1.48 bits per heavy atom. The summed E-state index contributed by atoms with van der Waals surface area (Å²) in [5, 5.41) is 15.7. The van der Waals surface area contributed by atoms with Gasteiger partial charge in [-0.15, -0.1) is 0 Å². The van der Waals surface area contributed by atoms with Gasteiger partial charge in [-0.2, -0.15) is 5.26 Å². The first-order chi connectivity index (χ1) is 21.4. The van der Waals surface area contributed by atoms with Crippen LogP contribution in [-0.4, -0.2) is 37.1 Å². The maximum absolute atomic E-state index is 13.1. The summed E-state index contributed by atoms with van der Waals surface area (Å²) < 4.78 is 29.9. The average Bonchev–Trinajstić information content (AvgIpc) is 3.88. The van der Waals surface area contributed by atoms with E-state index in [-0.39, 0.29) is 0 Å². The fraction of sp³-hybridized carbons (Fsp3) is 0.294. The summed E-state index contributed by atoms with van der Waals surface area (Å²) in [6.45, 7) is 8.69. The highest BCUT2D eigenvalue weighted by Crippen LogP contribution is 2.47. The van der Waals surface area contributed by atoms with Gasteiger partial charge in [0, 0.05) is 36.1 Å². The summed E-state index contributed by atoms with van der Waals surface area (Å²) in [5.74, 6) is 0.164. The highest BCUT2D eigenvalue weighted by molar-refractivity contribution is 6.16. The molecule has 0 spiro atoms. The Kier molecular flexibility index (Phi) is 12.2. The fourth-order valence-electron chi connectivity index (χ4n) is 4.13. The van der Waals surface area contributed by atoms with Crippen LogP contribution in [0.3, 0.4) is 0 Å². The lowest BCUT2D eigenvalue weighted by Gasteiger charge is -2.16. The number of rotatable bonds is 10. The monoisotopic (exact) mass is 600 g/mol. The number of nitrogens with one attached hydrogen (secondary N) is 2. The van der Waals surface area contributed by atoms with E-state index in [4.69, 9.17) is 14.2 Å². The van der Waals surface area contributed by atoms with E-state index >= 15 is 0 Å². The second-order valence-corrected chi connectivity index (χ2v) is 9.25. The second kappa shape index (κ2) is 16.0. The maximum atomic E-state index is 13.1. The maximum Gasteiger partial charge on any atom is 0.240 e. The molecule has 1 aliphatic carbocycles. The van der Waals surface area contributed by atoms with Crippen LogP contribution in [0, 0.1) is 22.6 Å². The number of methoxy groups -OCH3 is 1. The van der Waals surface area contributed by atoms with E-state index in [0.29, 0.717) is 71.1 Å². The minimum absolute atomic E-state index is 0.301. The van der Waals surface area contributed by atoms with E-state index < -0.39 is 23.0 Å². The summed E-state index contributed by atoms with van der Waals surface area (Å²) in [7, 11) is 1.57. The smallest absolute Gasteiger partial charge is 0.240 e. The van der Waals surface area contributed by atoms with Crippen LogP contribution in [0.5, 0.6) is 17.2 Å². The summed E-state index contributed by atoms with van der Waals surface area (Å²) in [4.78, 5) is 30.1. The zero-order valence-corrected chi connectivity index (χ0v) is 25.6. The number of carbonyl (C=O) groups excluding carboxylic acids is 2. The number of anilines is 2. The molecule has 3 aromatic carbocycles. The van der Waals surface area contributed by atoms with E-state index in [9.17, 15) is 19.2 Å². The Morgan fingerprint density at radius 3 is 2.02 bits per heavy atom. The standard InChI is InChI=1S/C30H25FN4O5.2C2H6/c1-38-14-15-39-27-17-25-24(16-19(27)18-32)26(10-13-33-25)40-23-8-6-22(7-9-23)35-29(37)30(11-12-30)28(36)34-21-4-2-20(31)3-5-21;2*1-2/h2-10,13,16-17H,11-12,14-15H2,1H3,(H,34,36)(H,35,37);2*1-2H3. The number of amides is 2. The largest absolute Gasteiger partial charge is 0.490 e. The molecule has 2 amide bonds. The lowest BCUT2D eigenvalue weighted by atomic mass is 10.0. The third-order valence-electron chi connectivity index (χ3n) is 6.53. The first kappa shape index (κ1) is 33.5. The molecule has 0 saturated heterocycles. The van der Waals surface area contributed by atoms with Crippen molar-refractivity contribution >= 4 is 34.1 Å². The van der Waals surface area contributed by atoms with E-state index in [1.165, 1.54) is 24.3 Å². The summed E-state index contributed by atoms with van der Waals surface area (Å²) >= 11 is 0. The summed E-state index contributed by atoms with van der Waals surface area (Å²) in [5.41, 5.74) is 0.706. The van der Waals surface area contributed by atoms with Gasteiger partial charge in [-0.05, 0) is 73.5 Å². The number of halogens is 1. The minimum atomic E-state index is -1.16. The lowest BCUT2D eigenvalue weighted by molar-refractivity contribution is -0.131. The molecule has 1 fully saturated rings. The zero-order valence-electron chi connectivity index (χ0n) is 25.6. The molecular formula is C34H37FN4O5. The van der Waals surface area contributed by atoms with Gasteiger partial charge in [0.1, 0.15) is 41.2 Å². The number of pyridine rings is 1. The van der Waals surface area contributed by atoms with Crippen molar-refractivity contribution in [3.8, 4) is 23.3 Å². The van der Waals surface area contributed by atoms with Gasteiger partial charge < -0.3 is 24.8 Å². The van der Waals surface area contributed by atoms with Crippen molar-refractivity contribution in [2.24, 2.45) is 5.41 Å². The number of ether oxygens (including phenoxy) is 3. The predicted octanol–water partition coefficient (Wildman–Crippen LogP) is 7.47. The molecule has 0 unspecified atom stereocenters. The Labute approximate surface area is 257 Å². The van der Waals surface area contributed by atoms with Crippen LogP contribution in [0.1, 0.15) is 46.1 Å². The Bertz CT molecular complexity index is 1600. The van der Waals surface area contributed by atoms with Crippen molar-refractivity contribution in [1.82, 2.24) is 4.98 Å². The number of nitriles is 1. The normalized spacial score (nSPS) is 12.3. The van der Waals surface area contributed by atoms with Crippen LogP contribution in [0.4, 0.5) is 15.8 Å². The number of hydrogen-bond acceptors (Lipinski definition) is 7. The molecule has 4 aromatic rings. The van der Waals surface area contributed by atoms with E-state index in [1.807, 2.05) is 27.7 Å². The van der Waals surface area contributed by atoms with Gasteiger partial charge in [-0.25, -0.2) is 4.39 Å². The molecule has 9 nitrogen and oxygen atoms in total. The zero-order chi connectivity index (χ0) is 32.1. The molecular weight excluding hydrogens is 563 g/mol. The Morgan fingerprint density at radius 1 is 0.886 bits per heavy atom. The highest BCUT2D eigenvalue weighted by Gasteiger charge is 2.56. The van der Waals surface area contributed by atoms with Crippen molar-refractivity contribution in [2.75, 3.05) is 31.0 Å². The van der Waals surface area contributed by atoms with Gasteiger partial charge in [-0.3, -0.25) is 14.6 Å². The average molecular weight is 601 g/mol. The Balaban J connectivity index is 0.00000127. The number of nitrogens with zero attached hydrogens (tertiary/aromatic N) is 2. The fourth-order valence-corrected chi connectivity index (χ4v) is 4.13. The van der Waals surface area contributed by atoms with Crippen molar-refractivity contribution in [1.29, 1.82) is 5.26 Å². The van der Waals surface area contributed by atoms with Crippen molar-refractivity contribution in [3.63, 3.8) is 0 Å². The quantitative estimate of drug-likeness (QED) is 0.143. The third kappa shape index (κ3) is 8.08. The molecule has 10 heteroatoms. The molecule has 44 heavy (non-hydrogen) atoms. The third-order valence-corrected chi connectivity index (χ3v) is 6.53. The number of carbonyl (C=O) groups is 2. The number of fused-ring (bicyclic) bond motifs is 1. The molecule has 0 aliphatic heterocycles. The van der Waals surface area contributed by atoms with Gasteiger partial charge in [0.2, 0.25) is 11.8 Å². The Hall–Kier alpha value is -5.01. The molecule has 1 heterocycles. The molecule has 1 saturated carbocycles. The van der Waals surface area contributed by atoms with Crippen LogP contribution >= 0.6 is 0 Å². The highest BCUT2D eigenvalue weighted by atomic mass is 19.1. The molecule has 0 atom stereocenters. The summed E-state index contributed by atoms with van der Waals surface area (Å²) in [6, 6.07) is 19.3. The van der Waals surface area contributed by atoms with Crippen LogP contribution in [0.15, 0.2) is 72.9 Å². The van der Waals surface area contributed by atoms with Crippen LogP contribution in [-0.2, 0) is 14.3 Å². The molecule has 1 aliphatic rings. The minimum Gasteiger partial charge on any atom is -0.490 e. The van der Waals surface area contributed by atoms with Crippen molar-refractivity contribution in [2.45, 2.75) is 40.5 Å². The molecule has 1 aromatic heterocycles. The SMILES string of the molecule is CC.CC.COCCOc1cc2nccc(Oc3ccc(NC(=O)C4(C(=O)Nc5ccc(F)cc5)CC4)cc3)c2cc1C#N. The predicted molar refractivity (Wildman–Crippen MR) is 168 cm³/mol. The van der Waals surface area contributed by atoms with E-state index in [0.717, 1.165) is 0 Å². The lowest BCUT2D eigenvalue weighted by Crippen LogP contribution is -2.35. The number of benzene rings is 3. The van der Waals surface area contributed by atoms with Crippen LogP contribution in [0.25, 0.3) is 10.9 Å².